The van der Waals surface area contributed by atoms with Gasteiger partial charge in [-0.15, -0.1) is 0 Å². The van der Waals surface area contributed by atoms with Crippen LogP contribution in [0.5, 0.6) is 0 Å². The van der Waals surface area contributed by atoms with Crippen LogP contribution < -0.4 is 5.32 Å². The van der Waals surface area contributed by atoms with Crippen LogP contribution in [-0.2, 0) is 0 Å². The van der Waals surface area contributed by atoms with E-state index >= 15 is 0 Å². The molecule has 17 heavy (non-hydrogen) atoms. The van der Waals surface area contributed by atoms with E-state index in [2.05, 4.69) is 28.2 Å². The van der Waals surface area contributed by atoms with Gasteiger partial charge in [-0.1, -0.05) is 17.7 Å². The number of nitrogens with one attached hydrogen (secondary N) is 1. The van der Waals surface area contributed by atoms with Gasteiger partial charge in [-0.2, -0.15) is 0 Å². The lowest BCUT2D eigenvalue weighted by Crippen LogP contribution is -2.51. The van der Waals surface area contributed by atoms with Crippen LogP contribution in [-0.4, -0.2) is 36.5 Å². The lowest BCUT2D eigenvalue weighted by molar-refractivity contribution is 0.0708. The zero-order valence-electron chi connectivity index (χ0n) is 9.54. The van der Waals surface area contributed by atoms with Crippen molar-refractivity contribution in [3.63, 3.8) is 0 Å². The standard InChI is InChI=1S/C12H14BrClN2O/c1-8-7-16(6-5-15-8)12(17)9-3-2-4-10(14)11(9)13/h2-4,8,15H,5-7H2,1H3. The van der Waals surface area contributed by atoms with Gasteiger partial charge in [-0.05, 0) is 35.0 Å². The summed E-state index contributed by atoms with van der Waals surface area (Å²) in [6.07, 6.45) is 0. The normalized spacial score (nSPS) is 20.4. The number of halogens is 2. The van der Waals surface area contributed by atoms with Crippen LogP contribution in [0, 0.1) is 0 Å². The maximum Gasteiger partial charge on any atom is 0.255 e. The molecule has 1 N–H and O–H groups in total. The zero-order valence-corrected chi connectivity index (χ0v) is 11.9. The second kappa shape index (κ2) is 5.38. The Bertz CT molecular complexity index is 439. The SMILES string of the molecule is CC1CN(C(=O)c2cccc(Cl)c2Br)CCN1. The maximum atomic E-state index is 12.3. The molecule has 0 aromatic heterocycles. The van der Waals surface area contributed by atoms with E-state index in [1.807, 2.05) is 4.90 Å². The molecule has 1 aromatic rings. The minimum Gasteiger partial charge on any atom is -0.336 e. The van der Waals surface area contributed by atoms with E-state index < -0.39 is 0 Å². The van der Waals surface area contributed by atoms with E-state index in [0.29, 0.717) is 21.1 Å². The lowest BCUT2D eigenvalue weighted by atomic mass is 10.1. The topological polar surface area (TPSA) is 32.3 Å². The molecule has 1 heterocycles. The van der Waals surface area contributed by atoms with Gasteiger partial charge in [-0.25, -0.2) is 0 Å². The zero-order chi connectivity index (χ0) is 12.4. The predicted molar refractivity (Wildman–Crippen MR) is 72.5 cm³/mol. The largest absolute Gasteiger partial charge is 0.336 e. The van der Waals surface area contributed by atoms with Gasteiger partial charge in [0.2, 0.25) is 0 Å². The molecule has 5 heteroatoms. The fourth-order valence-electron chi connectivity index (χ4n) is 1.96. The van der Waals surface area contributed by atoms with E-state index in [4.69, 9.17) is 11.6 Å². The van der Waals surface area contributed by atoms with E-state index in [0.717, 1.165) is 19.6 Å². The minimum atomic E-state index is 0.0349. The molecule has 0 bridgehead atoms. The molecule has 1 amide bonds. The Kier molecular flexibility index (Phi) is 4.07. The molecule has 1 aliphatic rings. The van der Waals surface area contributed by atoms with Gasteiger partial charge in [0.1, 0.15) is 0 Å². The molecule has 1 atom stereocenters. The van der Waals surface area contributed by atoms with Crippen LogP contribution in [0.15, 0.2) is 22.7 Å². The highest BCUT2D eigenvalue weighted by atomic mass is 79.9. The van der Waals surface area contributed by atoms with Gasteiger partial charge in [0.25, 0.3) is 5.91 Å². The van der Waals surface area contributed by atoms with Gasteiger partial charge in [-0.3, -0.25) is 4.79 Å². The number of hydrogen-bond acceptors (Lipinski definition) is 2. The second-order valence-electron chi connectivity index (χ2n) is 4.21. The number of nitrogens with zero attached hydrogens (tertiary/aromatic N) is 1. The number of carbonyl (C=O) groups excluding carboxylic acids is 1. The van der Waals surface area contributed by atoms with E-state index in [1.165, 1.54) is 0 Å². The Labute approximate surface area is 114 Å². The molecule has 0 radical (unpaired) electrons. The highest BCUT2D eigenvalue weighted by Crippen LogP contribution is 2.27. The summed E-state index contributed by atoms with van der Waals surface area (Å²) in [5.74, 6) is 0.0349. The first-order chi connectivity index (χ1) is 8.09. The third-order valence-electron chi connectivity index (χ3n) is 2.84. The molecule has 92 valence electrons. The molecule has 1 unspecified atom stereocenters. The summed E-state index contributed by atoms with van der Waals surface area (Å²) in [5.41, 5.74) is 0.631. The summed E-state index contributed by atoms with van der Waals surface area (Å²) in [4.78, 5) is 14.2. The monoisotopic (exact) mass is 316 g/mol. The van der Waals surface area contributed by atoms with Crippen molar-refractivity contribution in [3.8, 4) is 0 Å². The first kappa shape index (κ1) is 12.9. The minimum absolute atomic E-state index is 0.0349. The Morgan fingerprint density at radius 1 is 1.59 bits per heavy atom. The third-order valence-corrected chi connectivity index (χ3v) is 4.24. The first-order valence-corrected chi connectivity index (χ1v) is 6.73. The van der Waals surface area contributed by atoms with Crippen LogP contribution in [0.25, 0.3) is 0 Å². The molecule has 1 aromatic carbocycles. The van der Waals surface area contributed by atoms with Gasteiger partial charge >= 0.3 is 0 Å². The van der Waals surface area contributed by atoms with Crippen molar-refractivity contribution in [2.45, 2.75) is 13.0 Å². The second-order valence-corrected chi connectivity index (χ2v) is 5.41. The molecule has 1 aliphatic heterocycles. The highest BCUT2D eigenvalue weighted by molar-refractivity contribution is 9.10. The lowest BCUT2D eigenvalue weighted by Gasteiger charge is -2.32. The summed E-state index contributed by atoms with van der Waals surface area (Å²) in [6, 6.07) is 5.70. The van der Waals surface area contributed by atoms with Crippen molar-refractivity contribution in [1.82, 2.24) is 10.2 Å². The first-order valence-electron chi connectivity index (χ1n) is 5.56. The summed E-state index contributed by atoms with van der Waals surface area (Å²) in [7, 11) is 0. The summed E-state index contributed by atoms with van der Waals surface area (Å²) in [5, 5.41) is 3.88. The van der Waals surface area contributed by atoms with Crippen LogP contribution >= 0.6 is 27.5 Å². The molecule has 3 nitrogen and oxygen atoms in total. The molecule has 0 spiro atoms. The summed E-state index contributed by atoms with van der Waals surface area (Å²) in [6.45, 7) is 4.39. The smallest absolute Gasteiger partial charge is 0.255 e. The molecule has 0 saturated carbocycles. The van der Waals surface area contributed by atoms with Crippen molar-refractivity contribution in [2.75, 3.05) is 19.6 Å². The molecule has 1 fully saturated rings. The van der Waals surface area contributed by atoms with E-state index in [9.17, 15) is 4.79 Å². The Morgan fingerprint density at radius 3 is 3.06 bits per heavy atom. The number of rotatable bonds is 1. The molecule has 1 saturated heterocycles. The average molecular weight is 318 g/mol. The molecule has 0 aliphatic carbocycles. The van der Waals surface area contributed by atoms with Crippen LogP contribution in [0.2, 0.25) is 5.02 Å². The quantitative estimate of drug-likeness (QED) is 0.863. The number of benzene rings is 1. The van der Waals surface area contributed by atoms with Crippen molar-refractivity contribution in [2.24, 2.45) is 0 Å². The highest BCUT2D eigenvalue weighted by Gasteiger charge is 2.23. The van der Waals surface area contributed by atoms with Gasteiger partial charge in [0.15, 0.2) is 0 Å². The molecular formula is C12H14BrClN2O. The van der Waals surface area contributed by atoms with Crippen LogP contribution in [0.1, 0.15) is 17.3 Å². The number of carbonyl (C=O) groups is 1. The van der Waals surface area contributed by atoms with Crippen LogP contribution in [0.3, 0.4) is 0 Å². The van der Waals surface area contributed by atoms with E-state index in [-0.39, 0.29) is 5.91 Å². The van der Waals surface area contributed by atoms with Crippen molar-refractivity contribution in [1.29, 1.82) is 0 Å². The van der Waals surface area contributed by atoms with Crippen LogP contribution in [0.4, 0.5) is 0 Å². The molecular weight excluding hydrogens is 304 g/mol. The fraction of sp³-hybridized carbons (Fsp3) is 0.417. The Balaban J connectivity index is 2.22. The Morgan fingerprint density at radius 2 is 2.35 bits per heavy atom. The average Bonchev–Trinajstić information content (AvgIpc) is 2.32. The number of piperazine rings is 1. The van der Waals surface area contributed by atoms with Gasteiger partial charge in [0, 0.05) is 30.1 Å². The van der Waals surface area contributed by atoms with Crippen molar-refractivity contribution < 1.29 is 4.79 Å². The van der Waals surface area contributed by atoms with Gasteiger partial charge in [0.05, 0.1) is 10.6 Å². The fourth-order valence-corrected chi connectivity index (χ4v) is 2.56. The number of hydrogen-bond donors (Lipinski definition) is 1. The summed E-state index contributed by atoms with van der Waals surface area (Å²) < 4.78 is 0.679. The maximum absolute atomic E-state index is 12.3. The number of amides is 1. The Hall–Kier alpha value is -0.580. The van der Waals surface area contributed by atoms with Crippen molar-refractivity contribution >= 4 is 33.4 Å². The van der Waals surface area contributed by atoms with Gasteiger partial charge < -0.3 is 10.2 Å². The van der Waals surface area contributed by atoms with E-state index in [1.54, 1.807) is 18.2 Å². The van der Waals surface area contributed by atoms with Crippen molar-refractivity contribution in [3.05, 3.63) is 33.3 Å². The molecule has 2 rings (SSSR count). The predicted octanol–water partition coefficient (Wildman–Crippen LogP) is 2.54. The summed E-state index contributed by atoms with van der Waals surface area (Å²) >= 11 is 9.36. The third kappa shape index (κ3) is 2.81.